The minimum atomic E-state index is -4.71. The summed E-state index contributed by atoms with van der Waals surface area (Å²) in [6.07, 6.45) is -3.37. The van der Waals surface area contributed by atoms with E-state index in [1.54, 1.807) is 31.2 Å². The zero-order chi connectivity index (χ0) is 24.7. The molecule has 174 valence electrons. The third-order valence-electron chi connectivity index (χ3n) is 4.92. The van der Waals surface area contributed by atoms with Gasteiger partial charge in [0.2, 0.25) is 0 Å². The quantitative estimate of drug-likeness (QED) is 0.337. The predicted octanol–water partition coefficient (Wildman–Crippen LogP) is 6.10. The molecule has 11 heteroatoms. The Balaban J connectivity index is 1.86. The monoisotopic (exact) mass is 505 g/mol. The van der Waals surface area contributed by atoms with Crippen LogP contribution in [0.5, 0.6) is 0 Å². The Morgan fingerprint density at radius 1 is 0.882 bits per heavy atom. The van der Waals surface area contributed by atoms with E-state index in [2.05, 4.69) is 15.0 Å². The Morgan fingerprint density at radius 2 is 1.62 bits per heavy atom. The fourth-order valence-electron chi connectivity index (χ4n) is 3.22. The number of hydrogen-bond acceptors (Lipinski definition) is 5. The molecule has 2 aromatic carbocycles. The van der Waals surface area contributed by atoms with E-state index in [1.165, 1.54) is 36.5 Å². The standard InChI is InChI=1S/C23H15ClF3N3O3S/c1-13-9-15(5-6-18(13)24)20-12-21(23(25,26)27)30-22(29-20)16-7-8-28-19(11-16)14-3-2-4-17(10-14)34(31,32)33/h2-12H,1H3,(H,31,32,33). The van der Waals surface area contributed by atoms with Gasteiger partial charge in [0.05, 0.1) is 16.3 Å². The Hall–Kier alpha value is -3.34. The molecular formula is C23H15ClF3N3O3S. The van der Waals surface area contributed by atoms with Crippen molar-refractivity contribution in [1.29, 1.82) is 0 Å². The van der Waals surface area contributed by atoms with Crippen LogP contribution < -0.4 is 0 Å². The molecular weight excluding hydrogens is 491 g/mol. The first kappa shape index (κ1) is 23.8. The normalized spacial score (nSPS) is 12.1. The van der Waals surface area contributed by atoms with Gasteiger partial charge in [-0.05, 0) is 55.0 Å². The van der Waals surface area contributed by atoms with Crippen LogP contribution in [0.1, 0.15) is 11.3 Å². The lowest BCUT2D eigenvalue weighted by molar-refractivity contribution is -0.141. The van der Waals surface area contributed by atoms with Gasteiger partial charge in [-0.25, -0.2) is 9.97 Å². The van der Waals surface area contributed by atoms with Crippen LogP contribution in [0, 0.1) is 6.92 Å². The minimum Gasteiger partial charge on any atom is -0.282 e. The molecule has 1 N–H and O–H groups in total. The smallest absolute Gasteiger partial charge is 0.282 e. The van der Waals surface area contributed by atoms with E-state index < -0.39 is 22.0 Å². The van der Waals surface area contributed by atoms with Gasteiger partial charge in [0.15, 0.2) is 5.82 Å². The largest absolute Gasteiger partial charge is 0.433 e. The number of aryl methyl sites for hydroxylation is 1. The maximum atomic E-state index is 13.6. The van der Waals surface area contributed by atoms with Crippen LogP contribution in [0.15, 0.2) is 71.8 Å². The minimum absolute atomic E-state index is 0.0591. The molecule has 0 atom stereocenters. The van der Waals surface area contributed by atoms with Gasteiger partial charge in [0, 0.05) is 27.9 Å². The summed E-state index contributed by atoms with van der Waals surface area (Å²) in [7, 11) is -4.45. The van der Waals surface area contributed by atoms with Crippen molar-refractivity contribution >= 4 is 21.7 Å². The van der Waals surface area contributed by atoms with Crippen molar-refractivity contribution in [2.24, 2.45) is 0 Å². The van der Waals surface area contributed by atoms with Crippen LogP contribution in [-0.4, -0.2) is 27.9 Å². The van der Waals surface area contributed by atoms with E-state index >= 15 is 0 Å². The van der Waals surface area contributed by atoms with Crippen molar-refractivity contribution in [2.75, 3.05) is 0 Å². The summed E-state index contributed by atoms with van der Waals surface area (Å²) in [6.45, 7) is 1.73. The van der Waals surface area contributed by atoms with Crippen LogP contribution in [-0.2, 0) is 16.3 Å². The van der Waals surface area contributed by atoms with E-state index in [0.717, 1.165) is 6.07 Å². The number of rotatable bonds is 4. The number of alkyl halides is 3. The Kier molecular flexibility index (Phi) is 6.15. The summed E-state index contributed by atoms with van der Waals surface area (Å²) >= 11 is 6.04. The van der Waals surface area contributed by atoms with Gasteiger partial charge in [-0.1, -0.05) is 29.8 Å². The van der Waals surface area contributed by atoms with Crippen molar-refractivity contribution in [3.05, 3.63) is 83.1 Å². The van der Waals surface area contributed by atoms with Crippen LogP contribution in [0.4, 0.5) is 13.2 Å². The number of nitrogens with zero attached hydrogens (tertiary/aromatic N) is 3. The second-order valence-electron chi connectivity index (χ2n) is 7.36. The maximum absolute atomic E-state index is 13.6. The first-order valence-corrected chi connectivity index (χ1v) is 11.5. The Bertz CT molecular complexity index is 1510. The molecule has 4 rings (SSSR count). The molecule has 0 saturated heterocycles. The lowest BCUT2D eigenvalue weighted by Crippen LogP contribution is -2.10. The molecule has 0 radical (unpaired) electrons. The van der Waals surface area contributed by atoms with E-state index in [1.807, 2.05) is 0 Å². The van der Waals surface area contributed by atoms with Gasteiger partial charge in [0.1, 0.15) is 5.69 Å². The van der Waals surface area contributed by atoms with Gasteiger partial charge in [0.25, 0.3) is 10.1 Å². The highest BCUT2D eigenvalue weighted by Gasteiger charge is 2.34. The highest BCUT2D eigenvalue weighted by molar-refractivity contribution is 7.85. The topological polar surface area (TPSA) is 93.0 Å². The third-order valence-corrected chi connectivity index (χ3v) is 6.19. The van der Waals surface area contributed by atoms with E-state index in [9.17, 15) is 26.1 Å². The summed E-state index contributed by atoms with van der Waals surface area (Å²) in [6, 6.07) is 13.9. The van der Waals surface area contributed by atoms with E-state index in [4.69, 9.17) is 11.6 Å². The molecule has 34 heavy (non-hydrogen) atoms. The van der Waals surface area contributed by atoms with E-state index in [-0.39, 0.29) is 27.7 Å². The number of pyridine rings is 1. The molecule has 0 aliphatic heterocycles. The van der Waals surface area contributed by atoms with Crippen LogP contribution in [0.25, 0.3) is 33.9 Å². The molecule has 0 spiro atoms. The molecule has 4 aromatic rings. The van der Waals surface area contributed by atoms with Crippen LogP contribution >= 0.6 is 11.6 Å². The molecule has 6 nitrogen and oxygen atoms in total. The highest BCUT2D eigenvalue weighted by Crippen LogP contribution is 2.33. The van der Waals surface area contributed by atoms with Gasteiger partial charge in [-0.2, -0.15) is 21.6 Å². The third kappa shape index (κ3) is 5.09. The predicted molar refractivity (Wildman–Crippen MR) is 121 cm³/mol. The summed E-state index contributed by atoms with van der Waals surface area (Å²) in [5.41, 5.74) is 0.880. The maximum Gasteiger partial charge on any atom is 0.433 e. The second-order valence-corrected chi connectivity index (χ2v) is 9.19. The van der Waals surface area contributed by atoms with Crippen molar-refractivity contribution < 1.29 is 26.1 Å². The molecule has 0 fully saturated rings. The van der Waals surface area contributed by atoms with Gasteiger partial charge in [-0.3, -0.25) is 9.54 Å². The van der Waals surface area contributed by atoms with Gasteiger partial charge >= 0.3 is 6.18 Å². The number of halogens is 4. The summed E-state index contributed by atoms with van der Waals surface area (Å²) in [5.74, 6) is -0.188. The second kappa shape index (κ2) is 8.79. The SMILES string of the molecule is Cc1cc(-c2cc(C(F)(F)F)nc(-c3ccnc(-c4cccc(S(=O)(=O)O)c4)c3)n2)ccc1Cl. The first-order valence-electron chi connectivity index (χ1n) is 9.69. The molecule has 0 amide bonds. The van der Waals surface area contributed by atoms with Crippen molar-refractivity contribution in [1.82, 2.24) is 15.0 Å². The Labute approximate surface area is 197 Å². The summed E-state index contributed by atoms with van der Waals surface area (Å²) in [4.78, 5) is 11.9. The highest BCUT2D eigenvalue weighted by atomic mass is 35.5. The van der Waals surface area contributed by atoms with Crippen molar-refractivity contribution in [3.8, 4) is 33.9 Å². The number of benzene rings is 2. The lowest BCUT2D eigenvalue weighted by Gasteiger charge is -2.12. The van der Waals surface area contributed by atoms with E-state index in [0.29, 0.717) is 21.7 Å². The molecule has 0 aliphatic rings. The molecule has 0 bridgehead atoms. The van der Waals surface area contributed by atoms with Gasteiger partial charge in [-0.15, -0.1) is 0 Å². The first-order chi connectivity index (χ1) is 15.9. The van der Waals surface area contributed by atoms with Crippen molar-refractivity contribution in [2.45, 2.75) is 18.0 Å². The average Bonchev–Trinajstić information content (AvgIpc) is 2.79. The Morgan fingerprint density at radius 3 is 2.29 bits per heavy atom. The van der Waals surface area contributed by atoms with Crippen LogP contribution in [0.3, 0.4) is 0 Å². The summed E-state index contributed by atoms with van der Waals surface area (Å²) in [5, 5.41) is 0.472. The number of hydrogen-bond donors (Lipinski definition) is 1. The fraction of sp³-hybridized carbons (Fsp3) is 0.0870. The van der Waals surface area contributed by atoms with Crippen molar-refractivity contribution in [3.63, 3.8) is 0 Å². The van der Waals surface area contributed by atoms with Crippen LogP contribution in [0.2, 0.25) is 5.02 Å². The molecule has 0 aliphatic carbocycles. The average molecular weight is 506 g/mol. The van der Waals surface area contributed by atoms with Gasteiger partial charge < -0.3 is 0 Å². The molecule has 2 heterocycles. The fourth-order valence-corrected chi connectivity index (χ4v) is 3.86. The molecule has 0 unspecified atom stereocenters. The zero-order valence-corrected chi connectivity index (χ0v) is 18.9. The molecule has 2 aromatic heterocycles. The zero-order valence-electron chi connectivity index (χ0n) is 17.4. The lowest BCUT2D eigenvalue weighted by atomic mass is 10.1. The number of aromatic nitrogens is 3. The summed E-state index contributed by atoms with van der Waals surface area (Å²) < 4.78 is 73.1. The molecule has 0 saturated carbocycles.